The Balaban J connectivity index is 2.19. The van der Waals surface area contributed by atoms with Gasteiger partial charge in [-0.25, -0.2) is 0 Å². The zero-order valence-electron chi connectivity index (χ0n) is 10.6. The molecule has 1 aromatic carbocycles. The van der Waals surface area contributed by atoms with Crippen molar-refractivity contribution in [3.63, 3.8) is 0 Å². The third-order valence-electron chi connectivity index (χ3n) is 3.29. The standard InChI is InChI=1S/C14H20N2O/c1-3-14(17)15-13-10-12(7-6-11(13)2)16-8-4-5-9-16/h6-7,10H,3-5,8-9H2,1-2H3,(H,15,17). The number of anilines is 2. The molecule has 0 bridgehead atoms. The first-order valence-electron chi connectivity index (χ1n) is 6.36. The van der Waals surface area contributed by atoms with Crippen molar-refractivity contribution in [3.8, 4) is 0 Å². The SMILES string of the molecule is CCC(=O)Nc1cc(N2CCCC2)ccc1C. The molecule has 1 N–H and O–H groups in total. The Kier molecular flexibility index (Phi) is 3.67. The van der Waals surface area contributed by atoms with Crippen LogP contribution >= 0.6 is 0 Å². The molecule has 2 rings (SSSR count). The molecule has 1 saturated heterocycles. The van der Waals surface area contributed by atoms with Crippen molar-refractivity contribution < 1.29 is 4.79 Å². The fourth-order valence-electron chi connectivity index (χ4n) is 2.16. The maximum Gasteiger partial charge on any atom is 0.224 e. The summed E-state index contributed by atoms with van der Waals surface area (Å²) in [6, 6.07) is 6.31. The predicted octanol–water partition coefficient (Wildman–Crippen LogP) is 2.94. The first-order chi connectivity index (χ1) is 8.20. The Hall–Kier alpha value is -1.51. The number of amides is 1. The number of nitrogens with one attached hydrogen (secondary N) is 1. The van der Waals surface area contributed by atoms with E-state index in [1.165, 1.54) is 18.5 Å². The van der Waals surface area contributed by atoms with E-state index >= 15 is 0 Å². The largest absolute Gasteiger partial charge is 0.371 e. The summed E-state index contributed by atoms with van der Waals surface area (Å²) in [4.78, 5) is 13.8. The van der Waals surface area contributed by atoms with Gasteiger partial charge in [0, 0.05) is 30.9 Å². The number of rotatable bonds is 3. The minimum Gasteiger partial charge on any atom is -0.371 e. The summed E-state index contributed by atoms with van der Waals surface area (Å²) in [6.07, 6.45) is 3.06. The number of hydrogen-bond acceptors (Lipinski definition) is 2. The van der Waals surface area contributed by atoms with Crippen LogP contribution in [0.4, 0.5) is 11.4 Å². The van der Waals surface area contributed by atoms with Gasteiger partial charge in [0.05, 0.1) is 0 Å². The highest BCUT2D eigenvalue weighted by Crippen LogP contribution is 2.26. The molecule has 0 aromatic heterocycles. The molecule has 1 heterocycles. The molecule has 92 valence electrons. The van der Waals surface area contributed by atoms with E-state index in [9.17, 15) is 4.79 Å². The van der Waals surface area contributed by atoms with Gasteiger partial charge in [0.2, 0.25) is 5.91 Å². The van der Waals surface area contributed by atoms with Crippen LogP contribution in [0.5, 0.6) is 0 Å². The fraction of sp³-hybridized carbons (Fsp3) is 0.500. The Morgan fingerprint density at radius 1 is 1.35 bits per heavy atom. The van der Waals surface area contributed by atoms with Crippen molar-refractivity contribution in [2.24, 2.45) is 0 Å². The molecular weight excluding hydrogens is 212 g/mol. The molecule has 0 unspecified atom stereocenters. The maximum absolute atomic E-state index is 11.4. The predicted molar refractivity (Wildman–Crippen MR) is 71.5 cm³/mol. The van der Waals surface area contributed by atoms with Crippen LogP contribution in [0.3, 0.4) is 0 Å². The molecule has 1 fully saturated rings. The number of hydrogen-bond donors (Lipinski definition) is 1. The molecule has 1 aliphatic heterocycles. The molecule has 17 heavy (non-hydrogen) atoms. The molecule has 0 spiro atoms. The molecule has 1 amide bonds. The Bertz CT molecular complexity index is 409. The van der Waals surface area contributed by atoms with E-state index in [2.05, 4.69) is 28.4 Å². The van der Waals surface area contributed by atoms with Crippen LogP contribution in [0.15, 0.2) is 18.2 Å². The topological polar surface area (TPSA) is 32.3 Å². The summed E-state index contributed by atoms with van der Waals surface area (Å²) in [5.41, 5.74) is 3.29. The van der Waals surface area contributed by atoms with Crippen molar-refractivity contribution in [1.82, 2.24) is 0 Å². The van der Waals surface area contributed by atoms with E-state index in [1.807, 2.05) is 13.8 Å². The van der Waals surface area contributed by atoms with Gasteiger partial charge < -0.3 is 10.2 Å². The summed E-state index contributed by atoms with van der Waals surface area (Å²) in [5, 5.41) is 2.96. The van der Waals surface area contributed by atoms with Crippen molar-refractivity contribution in [3.05, 3.63) is 23.8 Å². The number of nitrogens with zero attached hydrogens (tertiary/aromatic N) is 1. The van der Waals surface area contributed by atoms with E-state index < -0.39 is 0 Å². The third kappa shape index (κ3) is 2.78. The number of benzene rings is 1. The minimum absolute atomic E-state index is 0.0756. The lowest BCUT2D eigenvalue weighted by atomic mass is 10.1. The van der Waals surface area contributed by atoms with Crippen LogP contribution in [0.1, 0.15) is 31.7 Å². The average Bonchev–Trinajstić information content (AvgIpc) is 2.85. The molecule has 0 aliphatic carbocycles. The second kappa shape index (κ2) is 5.21. The quantitative estimate of drug-likeness (QED) is 0.869. The van der Waals surface area contributed by atoms with E-state index in [-0.39, 0.29) is 5.91 Å². The minimum atomic E-state index is 0.0756. The molecule has 3 heteroatoms. The summed E-state index contributed by atoms with van der Waals surface area (Å²) >= 11 is 0. The second-order valence-electron chi connectivity index (χ2n) is 4.60. The molecule has 0 radical (unpaired) electrons. The van der Waals surface area contributed by atoms with Gasteiger partial charge in [0.15, 0.2) is 0 Å². The highest BCUT2D eigenvalue weighted by atomic mass is 16.1. The Morgan fingerprint density at radius 3 is 2.71 bits per heavy atom. The van der Waals surface area contributed by atoms with Crippen LogP contribution in [-0.4, -0.2) is 19.0 Å². The summed E-state index contributed by atoms with van der Waals surface area (Å²) < 4.78 is 0. The van der Waals surface area contributed by atoms with Gasteiger partial charge in [0.1, 0.15) is 0 Å². The van der Waals surface area contributed by atoms with Crippen molar-refractivity contribution >= 4 is 17.3 Å². The van der Waals surface area contributed by atoms with Gasteiger partial charge in [-0.15, -0.1) is 0 Å². The van der Waals surface area contributed by atoms with Gasteiger partial charge in [-0.1, -0.05) is 13.0 Å². The van der Waals surface area contributed by atoms with E-state index in [0.29, 0.717) is 6.42 Å². The van der Waals surface area contributed by atoms with Crippen molar-refractivity contribution in [2.45, 2.75) is 33.1 Å². The molecule has 0 saturated carbocycles. The lowest BCUT2D eigenvalue weighted by Gasteiger charge is -2.19. The fourth-order valence-corrected chi connectivity index (χ4v) is 2.16. The first-order valence-corrected chi connectivity index (χ1v) is 6.36. The molecular formula is C14H20N2O. The summed E-state index contributed by atoms with van der Waals surface area (Å²) in [5.74, 6) is 0.0756. The van der Waals surface area contributed by atoms with Crippen LogP contribution in [-0.2, 0) is 4.79 Å². The van der Waals surface area contributed by atoms with Gasteiger partial charge in [-0.2, -0.15) is 0 Å². The van der Waals surface area contributed by atoms with E-state index in [4.69, 9.17) is 0 Å². The highest BCUT2D eigenvalue weighted by Gasteiger charge is 2.13. The highest BCUT2D eigenvalue weighted by molar-refractivity contribution is 5.91. The van der Waals surface area contributed by atoms with Crippen LogP contribution in [0.2, 0.25) is 0 Å². The van der Waals surface area contributed by atoms with Crippen molar-refractivity contribution in [1.29, 1.82) is 0 Å². The normalized spacial score (nSPS) is 15.1. The Labute approximate surface area is 103 Å². The summed E-state index contributed by atoms with van der Waals surface area (Å²) in [7, 11) is 0. The van der Waals surface area contributed by atoms with E-state index in [0.717, 1.165) is 24.3 Å². The van der Waals surface area contributed by atoms with E-state index in [1.54, 1.807) is 0 Å². The monoisotopic (exact) mass is 232 g/mol. The van der Waals surface area contributed by atoms with Crippen LogP contribution in [0, 0.1) is 6.92 Å². The number of aryl methyl sites for hydroxylation is 1. The maximum atomic E-state index is 11.4. The second-order valence-corrected chi connectivity index (χ2v) is 4.60. The lowest BCUT2D eigenvalue weighted by Crippen LogP contribution is -2.18. The molecule has 1 aliphatic rings. The van der Waals surface area contributed by atoms with Gasteiger partial charge in [0.25, 0.3) is 0 Å². The smallest absolute Gasteiger partial charge is 0.224 e. The zero-order valence-corrected chi connectivity index (χ0v) is 10.6. The van der Waals surface area contributed by atoms with Crippen LogP contribution in [0.25, 0.3) is 0 Å². The van der Waals surface area contributed by atoms with Gasteiger partial charge in [-0.05, 0) is 37.5 Å². The van der Waals surface area contributed by atoms with Crippen molar-refractivity contribution in [2.75, 3.05) is 23.3 Å². The summed E-state index contributed by atoms with van der Waals surface area (Å²) in [6.45, 7) is 6.16. The number of carbonyl (C=O) groups excluding carboxylic acids is 1. The van der Waals surface area contributed by atoms with Crippen LogP contribution < -0.4 is 10.2 Å². The zero-order chi connectivity index (χ0) is 12.3. The molecule has 0 atom stereocenters. The van der Waals surface area contributed by atoms with Gasteiger partial charge >= 0.3 is 0 Å². The molecule has 1 aromatic rings. The average molecular weight is 232 g/mol. The number of carbonyl (C=O) groups is 1. The Morgan fingerprint density at radius 2 is 2.06 bits per heavy atom. The first kappa shape index (κ1) is 12.0. The molecule has 3 nitrogen and oxygen atoms in total. The lowest BCUT2D eigenvalue weighted by molar-refractivity contribution is -0.115. The van der Waals surface area contributed by atoms with Gasteiger partial charge in [-0.3, -0.25) is 4.79 Å². The third-order valence-corrected chi connectivity index (χ3v) is 3.29.